The van der Waals surface area contributed by atoms with Gasteiger partial charge in [0.05, 0.1) is 13.2 Å². The van der Waals surface area contributed by atoms with Gasteiger partial charge in [-0.1, -0.05) is 0 Å². The van der Waals surface area contributed by atoms with E-state index in [-0.39, 0.29) is 30.2 Å². The molecule has 1 N–H and O–H groups in total. The van der Waals surface area contributed by atoms with Gasteiger partial charge in [-0.3, -0.25) is 4.79 Å². The van der Waals surface area contributed by atoms with Gasteiger partial charge in [0.15, 0.2) is 0 Å². The number of ether oxygens (including phenoxy) is 2. The number of nitrogens with zero attached hydrogens (tertiary/aromatic N) is 1. The molecular weight excluding hydrogens is 360 g/mol. The molecule has 1 unspecified atom stereocenters. The van der Waals surface area contributed by atoms with E-state index in [1.165, 1.54) is 0 Å². The molecule has 1 aliphatic rings. The Balaban J connectivity index is 2.52. The third kappa shape index (κ3) is 3.78. The van der Waals surface area contributed by atoms with Crippen molar-refractivity contribution < 1.29 is 27.5 Å². The van der Waals surface area contributed by atoms with Gasteiger partial charge in [-0.25, -0.2) is 13.2 Å². The minimum Gasteiger partial charge on any atom is -0.465 e. The summed E-state index contributed by atoms with van der Waals surface area (Å²) >= 11 is 0. The minimum absolute atomic E-state index is 0.00228. The summed E-state index contributed by atoms with van der Waals surface area (Å²) in [5.74, 6) is -1.25. The zero-order valence-corrected chi connectivity index (χ0v) is 16.4. The van der Waals surface area contributed by atoms with E-state index < -0.39 is 28.0 Å². The van der Waals surface area contributed by atoms with Crippen molar-refractivity contribution in [3.05, 3.63) is 17.0 Å². The molecule has 1 aromatic heterocycles. The van der Waals surface area contributed by atoms with Crippen molar-refractivity contribution in [2.24, 2.45) is 0 Å². The van der Waals surface area contributed by atoms with Gasteiger partial charge >= 0.3 is 11.9 Å². The van der Waals surface area contributed by atoms with Crippen LogP contribution in [-0.4, -0.2) is 55.4 Å². The largest absolute Gasteiger partial charge is 0.465 e. The maximum Gasteiger partial charge on any atom is 0.341 e. The fourth-order valence-electron chi connectivity index (χ4n) is 3.31. The Morgan fingerprint density at radius 2 is 1.77 bits per heavy atom. The molecule has 26 heavy (non-hydrogen) atoms. The molecule has 2 rings (SSSR count). The summed E-state index contributed by atoms with van der Waals surface area (Å²) in [7, 11) is -4.08. The van der Waals surface area contributed by atoms with Crippen molar-refractivity contribution in [2.45, 2.75) is 57.9 Å². The van der Waals surface area contributed by atoms with E-state index in [0.717, 1.165) is 10.7 Å². The van der Waals surface area contributed by atoms with Crippen LogP contribution in [0.4, 0.5) is 0 Å². The first-order chi connectivity index (χ1) is 12.3. The van der Waals surface area contributed by atoms with Crippen LogP contribution >= 0.6 is 0 Å². The van der Waals surface area contributed by atoms with Crippen LogP contribution in [0.15, 0.2) is 4.90 Å². The molecule has 0 saturated carbocycles. The lowest BCUT2D eigenvalue weighted by molar-refractivity contribution is -0.148. The van der Waals surface area contributed by atoms with Gasteiger partial charge in [-0.05, 0) is 47.0 Å². The molecule has 146 valence electrons. The second-order valence-electron chi connectivity index (χ2n) is 6.18. The van der Waals surface area contributed by atoms with E-state index >= 15 is 0 Å². The number of hydrogen-bond donors (Lipinski definition) is 1. The van der Waals surface area contributed by atoms with Gasteiger partial charge < -0.3 is 14.5 Å². The summed E-state index contributed by atoms with van der Waals surface area (Å²) in [5.41, 5.74) is 0.764. The molecule has 1 aromatic rings. The predicted molar refractivity (Wildman–Crippen MR) is 94.4 cm³/mol. The van der Waals surface area contributed by atoms with Crippen LogP contribution in [0.1, 0.15) is 54.9 Å². The number of esters is 2. The zero-order chi connectivity index (χ0) is 19.5. The molecule has 0 spiro atoms. The number of aryl methyl sites for hydroxylation is 2. The SMILES string of the molecule is CCOC(=O)c1c(C)[nH]c(C)c1S(=O)(=O)N1CCCCC1C(=O)OCC. The number of aromatic amines is 1. The monoisotopic (exact) mass is 386 g/mol. The Morgan fingerprint density at radius 3 is 2.38 bits per heavy atom. The van der Waals surface area contributed by atoms with Crippen LogP contribution in [-0.2, 0) is 24.3 Å². The number of nitrogens with one attached hydrogen (secondary N) is 1. The quantitative estimate of drug-likeness (QED) is 0.749. The lowest BCUT2D eigenvalue weighted by Crippen LogP contribution is -2.48. The number of piperidine rings is 1. The molecular formula is C17H26N2O6S. The Kier molecular flexibility index (Phi) is 6.46. The summed E-state index contributed by atoms with van der Waals surface area (Å²) in [6, 6.07) is -0.877. The standard InChI is InChI=1S/C17H26N2O6S/c1-5-24-16(20)13-9-7-8-10-19(13)26(22,23)15-12(4)18-11(3)14(15)17(21)25-6-2/h13,18H,5-10H2,1-4H3. The highest BCUT2D eigenvalue weighted by Crippen LogP contribution is 2.32. The summed E-state index contributed by atoms with van der Waals surface area (Å²) in [6.07, 6.45) is 1.78. The van der Waals surface area contributed by atoms with Gasteiger partial charge in [-0.15, -0.1) is 0 Å². The van der Waals surface area contributed by atoms with Crippen LogP contribution in [0.2, 0.25) is 0 Å². The topological polar surface area (TPSA) is 106 Å². The van der Waals surface area contributed by atoms with E-state index in [9.17, 15) is 18.0 Å². The highest BCUT2D eigenvalue weighted by molar-refractivity contribution is 7.89. The van der Waals surface area contributed by atoms with E-state index in [4.69, 9.17) is 9.47 Å². The first kappa shape index (κ1) is 20.4. The van der Waals surface area contributed by atoms with Crippen molar-refractivity contribution in [1.29, 1.82) is 0 Å². The van der Waals surface area contributed by atoms with Crippen LogP contribution < -0.4 is 0 Å². The Labute approximate surface area is 153 Å². The number of carbonyl (C=O) groups is 2. The molecule has 1 aliphatic heterocycles. The number of rotatable bonds is 6. The van der Waals surface area contributed by atoms with E-state index in [1.54, 1.807) is 27.7 Å². The fourth-order valence-corrected chi connectivity index (χ4v) is 5.38. The van der Waals surface area contributed by atoms with Gasteiger partial charge in [0.1, 0.15) is 16.5 Å². The summed E-state index contributed by atoms with van der Waals surface area (Å²) < 4.78 is 38.0. The first-order valence-corrected chi connectivity index (χ1v) is 10.2. The number of aromatic nitrogens is 1. The Morgan fingerprint density at radius 1 is 1.12 bits per heavy atom. The van der Waals surface area contributed by atoms with E-state index in [1.807, 2.05) is 0 Å². The molecule has 0 aromatic carbocycles. The molecule has 1 atom stereocenters. The van der Waals surface area contributed by atoms with E-state index in [2.05, 4.69) is 4.98 Å². The molecule has 1 fully saturated rings. The smallest absolute Gasteiger partial charge is 0.341 e. The van der Waals surface area contributed by atoms with Crippen molar-refractivity contribution >= 4 is 22.0 Å². The lowest BCUT2D eigenvalue weighted by atomic mass is 10.1. The number of carbonyl (C=O) groups excluding carboxylic acids is 2. The molecule has 9 heteroatoms. The summed E-state index contributed by atoms with van der Waals surface area (Å²) in [4.78, 5) is 27.4. The molecule has 0 amide bonds. The highest BCUT2D eigenvalue weighted by atomic mass is 32.2. The minimum atomic E-state index is -4.08. The zero-order valence-electron chi connectivity index (χ0n) is 15.6. The average Bonchev–Trinajstić information content (AvgIpc) is 2.90. The number of sulfonamides is 1. The van der Waals surface area contributed by atoms with Gasteiger partial charge in [0.2, 0.25) is 10.0 Å². The summed E-state index contributed by atoms with van der Waals surface area (Å²) in [6.45, 7) is 7.07. The highest BCUT2D eigenvalue weighted by Gasteiger charge is 2.42. The maximum absolute atomic E-state index is 13.4. The van der Waals surface area contributed by atoms with Gasteiger partial charge in [0.25, 0.3) is 0 Å². The average molecular weight is 386 g/mol. The molecule has 2 heterocycles. The van der Waals surface area contributed by atoms with Crippen LogP contribution in [0.25, 0.3) is 0 Å². The third-order valence-corrected chi connectivity index (χ3v) is 6.46. The van der Waals surface area contributed by atoms with Crippen molar-refractivity contribution in [3.8, 4) is 0 Å². The molecule has 0 radical (unpaired) electrons. The second-order valence-corrected chi connectivity index (χ2v) is 8.01. The molecule has 1 saturated heterocycles. The Bertz CT molecular complexity index is 783. The molecule has 0 aliphatic carbocycles. The molecule has 0 bridgehead atoms. The number of hydrogen-bond acceptors (Lipinski definition) is 6. The normalized spacial score (nSPS) is 18.5. The second kappa shape index (κ2) is 8.22. The fraction of sp³-hybridized carbons (Fsp3) is 0.647. The van der Waals surface area contributed by atoms with Crippen LogP contribution in [0.5, 0.6) is 0 Å². The van der Waals surface area contributed by atoms with Crippen molar-refractivity contribution in [3.63, 3.8) is 0 Å². The molecule has 8 nitrogen and oxygen atoms in total. The van der Waals surface area contributed by atoms with Crippen LogP contribution in [0.3, 0.4) is 0 Å². The Hall–Kier alpha value is -1.87. The maximum atomic E-state index is 13.4. The van der Waals surface area contributed by atoms with Crippen LogP contribution in [0, 0.1) is 13.8 Å². The summed E-state index contributed by atoms with van der Waals surface area (Å²) in [5, 5.41) is 0. The van der Waals surface area contributed by atoms with Crippen molar-refractivity contribution in [2.75, 3.05) is 19.8 Å². The first-order valence-electron chi connectivity index (χ1n) is 8.80. The predicted octanol–water partition coefficient (Wildman–Crippen LogP) is 1.91. The van der Waals surface area contributed by atoms with Gasteiger partial charge in [-0.2, -0.15) is 4.31 Å². The van der Waals surface area contributed by atoms with Gasteiger partial charge in [0, 0.05) is 17.9 Å². The van der Waals surface area contributed by atoms with E-state index in [0.29, 0.717) is 24.2 Å². The third-order valence-electron chi connectivity index (χ3n) is 4.38. The lowest BCUT2D eigenvalue weighted by Gasteiger charge is -2.33. The van der Waals surface area contributed by atoms with Crippen molar-refractivity contribution in [1.82, 2.24) is 9.29 Å². The number of H-pyrrole nitrogens is 1.